The molecule has 0 aromatic carbocycles. The molecule has 1 rings (SSSR count). The number of hydrogen-bond acceptors (Lipinski definition) is 3. The Hall–Kier alpha value is -0.540. The van der Waals surface area contributed by atoms with Crippen molar-refractivity contribution < 1.29 is 14.9 Å². The molecule has 0 spiro atoms. The molecule has 0 fully saturated rings. The van der Waals surface area contributed by atoms with Crippen LogP contribution in [0.1, 0.15) is 6.42 Å². The van der Waals surface area contributed by atoms with Crippen LogP contribution in [0.4, 0.5) is 0 Å². The molecule has 1 aliphatic heterocycles. The van der Waals surface area contributed by atoms with Gasteiger partial charge in [0, 0.05) is 6.42 Å². The summed E-state index contributed by atoms with van der Waals surface area (Å²) in [7, 11) is 0. The second-order valence-electron chi connectivity index (χ2n) is 2.07. The fourth-order valence-corrected chi connectivity index (χ4v) is 0.768. The average Bonchev–Trinajstić information content (AvgIpc) is 1.88. The van der Waals surface area contributed by atoms with Crippen molar-refractivity contribution in [3.05, 3.63) is 12.3 Å². The van der Waals surface area contributed by atoms with Gasteiger partial charge < -0.3 is 14.9 Å². The molecule has 0 aliphatic carbocycles. The molecule has 0 saturated heterocycles. The van der Waals surface area contributed by atoms with Gasteiger partial charge in [0.15, 0.2) is 0 Å². The lowest BCUT2D eigenvalue weighted by atomic mass is 10.1. The SMILES string of the molecule is OC[C@@H]1C[C@H](O)C=CO1. The van der Waals surface area contributed by atoms with Crippen molar-refractivity contribution in [1.29, 1.82) is 0 Å². The summed E-state index contributed by atoms with van der Waals surface area (Å²) < 4.78 is 4.91. The molecule has 0 aromatic heterocycles. The first-order valence-electron chi connectivity index (χ1n) is 2.94. The largest absolute Gasteiger partial charge is 0.496 e. The Kier molecular flexibility index (Phi) is 2.08. The van der Waals surface area contributed by atoms with Gasteiger partial charge in [-0.2, -0.15) is 0 Å². The molecule has 0 saturated carbocycles. The predicted octanol–water partition coefficient (Wildman–Crippen LogP) is -0.358. The third-order valence-corrected chi connectivity index (χ3v) is 1.28. The molecular weight excluding hydrogens is 120 g/mol. The first-order chi connectivity index (χ1) is 4.33. The molecule has 1 aliphatic rings. The summed E-state index contributed by atoms with van der Waals surface area (Å²) in [5.74, 6) is 0. The molecule has 0 unspecified atom stereocenters. The highest BCUT2D eigenvalue weighted by Crippen LogP contribution is 2.09. The molecular formula is C6H10O3. The Morgan fingerprint density at radius 2 is 2.44 bits per heavy atom. The minimum atomic E-state index is -0.448. The van der Waals surface area contributed by atoms with Crippen molar-refractivity contribution in [2.75, 3.05) is 6.61 Å². The van der Waals surface area contributed by atoms with Crippen LogP contribution in [-0.4, -0.2) is 29.0 Å². The zero-order valence-corrected chi connectivity index (χ0v) is 5.03. The quantitative estimate of drug-likeness (QED) is 0.509. The summed E-state index contributed by atoms with van der Waals surface area (Å²) in [6.07, 6.45) is 2.81. The normalized spacial score (nSPS) is 34.0. The van der Waals surface area contributed by atoms with Gasteiger partial charge in [-0.1, -0.05) is 0 Å². The van der Waals surface area contributed by atoms with Gasteiger partial charge >= 0.3 is 0 Å². The molecule has 0 radical (unpaired) electrons. The van der Waals surface area contributed by atoms with Crippen molar-refractivity contribution >= 4 is 0 Å². The van der Waals surface area contributed by atoms with E-state index in [0.717, 1.165) is 0 Å². The van der Waals surface area contributed by atoms with E-state index < -0.39 is 6.10 Å². The van der Waals surface area contributed by atoms with Gasteiger partial charge in [0.2, 0.25) is 0 Å². The lowest BCUT2D eigenvalue weighted by Crippen LogP contribution is -2.24. The van der Waals surface area contributed by atoms with E-state index in [1.54, 1.807) is 6.08 Å². The van der Waals surface area contributed by atoms with Gasteiger partial charge in [0.05, 0.1) is 19.0 Å². The molecule has 0 amide bonds. The highest BCUT2D eigenvalue weighted by molar-refractivity contribution is 4.89. The lowest BCUT2D eigenvalue weighted by Gasteiger charge is -2.19. The second kappa shape index (κ2) is 2.85. The van der Waals surface area contributed by atoms with Crippen molar-refractivity contribution in [2.45, 2.75) is 18.6 Å². The highest BCUT2D eigenvalue weighted by Gasteiger charge is 2.15. The van der Waals surface area contributed by atoms with Crippen LogP contribution in [0, 0.1) is 0 Å². The molecule has 1 heterocycles. The molecule has 52 valence electrons. The van der Waals surface area contributed by atoms with Crippen LogP contribution in [0.5, 0.6) is 0 Å². The summed E-state index contributed by atoms with van der Waals surface area (Å²) in [5.41, 5.74) is 0. The second-order valence-corrected chi connectivity index (χ2v) is 2.07. The van der Waals surface area contributed by atoms with Gasteiger partial charge in [-0.15, -0.1) is 0 Å². The average molecular weight is 130 g/mol. The van der Waals surface area contributed by atoms with E-state index in [9.17, 15) is 0 Å². The summed E-state index contributed by atoms with van der Waals surface area (Å²) in [4.78, 5) is 0. The minimum Gasteiger partial charge on any atom is -0.496 e. The Balaban J connectivity index is 2.38. The van der Waals surface area contributed by atoms with Crippen LogP contribution >= 0.6 is 0 Å². The third kappa shape index (κ3) is 1.69. The fourth-order valence-electron chi connectivity index (χ4n) is 0.768. The van der Waals surface area contributed by atoms with Crippen molar-refractivity contribution in [3.63, 3.8) is 0 Å². The molecule has 2 atom stereocenters. The number of aliphatic hydroxyl groups excluding tert-OH is 2. The fraction of sp³-hybridized carbons (Fsp3) is 0.667. The Morgan fingerprint density at radius 3 is 2.89 bits per heavy atom. The highest BCUT2D eigenvalue weighted by atomic mass is 16.5. The van der Waals surface area contributed by atoms with Crippen LogP contribution in [-0.2, 0) is 4.74 Å². The number of rotatable bonds is 1. The van der Waals surface area contributed by atoms with E-state index in [-0.39, 0.29) is 12.7 Å². The van der Waals surface area contributed by atoms with Crippen LogP contribution in [0.25, 0.3) is 0 Å². The Labute approximate surface area is 53.6 Å². The maximum atomic E-state index is 8.93. The lowest BCUT2D eigenvalue weighted by molar-refractivity contribution is 0.0256. The third-order valence-electron chi connectivity index (χ3n) is 1.28. The van der Waals surface area contributed by atoms with E-state index in [1.165, 1.54) is 6.26 Å². The molecule has 9 heavy (non-hydrogen) atoms. The van der Waals surface area contributed by atoms with E-state index in [4.69, 9.17) is 14.9 Å². The topological polar surface area (TPSA) is 49.7 Å². The van der Waals surface area contributed by atoms with Gasteiger partial charge in [-0.3, -0.25) is 0 Å². The van der Waals surface area contributed by atoms with Crippen LogP contribution in [0.15, 0.2) is 12.3 Å². The molecule has 0 aromatic rings. The van der Waals surface area contributed by atoms with E-state index in [1.807, 2.05) is 0 Å². The zero-order valence-electron chi connectivity index (χ0n) is 5.03. The first kappa shape index (κ1) is 6.58. The Morgan fingerprint density at radius 1 is 1.67 bits per heavy atom. The summed E-state index contributed by atoms with van der Waals surface area (Å²) in [6, 6.07) is 0. The number of ether oxygens (including phenoxy) is 1. The van der Waals surface area contributed by atoms with Gasteiger partial charge in [0.1, 0.15) is 6.10 Å². The molecule has 3 nitrogen and oxygen atoms in total. The molecule has 3 heteroatoms. The van der Waals surface area contributed by atoms with Crippen LogP contribution in [0.3, 0.4) is 0 Å². The van der Waals surface area contributed by atoms with Crippen molar-refractivity contribution in [3.8, 4) is 0 Å². The van der Waals surface area contributed by atoms with Crippen LogP contribution in [0.2, 0.25) is 0 Å². The van der Waals surface area contributed by atoms with Crippen molar-refractivity contribution in [2.24, 2.45) is 0 Å². The van der Waals surface area contributed by atoms with Crippen LogP contribution < -0.4 is 0 Å². The monoisotopic (exact) mass is 130 g/mol. The number of aliphatic hydroxyl groups is 2. The predicted molar refractivity (Wildman–Crippen MR) is 31.7 cm³/mol. The van der Waals surface area contributed by atoms with E-state index >= 15 is 0 Å². The van der Waals surface area contributed by atoms with Gasteiger partial charge in [0.25, 0.3) is 0 Å². The molecule has 2 N–H and O–H groups in total. The molecule has 0 bridgehead atoms. The standard InChI is InChI=1S/C6H10O3/c7-4-6-3-5(8)1-2-9-6/h1-2,5-8H,3-4H2/t5-,6+/m1/s1. The van der Waals surface area contributed by atoms with Gasteiger partial charge in [-0.25, -0.2) is 0 Å². The smallest absolute Gasteiger partial charge is 0.124 e. The Bertz CT molecular complexity index is 111. The first-order valence-corrected chi connectivity index (χ1v) is 2.94. The number of hydrogen-bond donors (Lipinski definition) is 2. The maximum absolute atomic E-state index is 8.93. The van der Waals surface area contributed by atoms with E-state index in [2.05, 4.69) is 0 Å². The summed E-state index contributed by atoms with van der Waals surface area (Å²) in [6.45, 7) is -0.0264. The maximum Gasteiger partial charge on any atom is 0.124 e. The zero-order chi connectivity index (χ0) is 6.69. The summed E-state index contributed by atoms with van der Waals surface area (Å²) in [5, 5.41) is 17.5. The minimum absolute atomic E-state index is 0.0264. The van der Waals surface area contributed by atoms with Crippen molar-refractivity contribution in [1.82, 2.24) is 0 Å². The van der Waals surface area contributed by atoms with E-state index in [0.29, 0.717) is 6.42 Å². The summed E-state index contributed by atoms with van der Waals surface area (Å²) >= 11 is 0. The van der Waals surface area contributed by atoms with Gasteiger partial charge in [-0.05, 0) is 6.08 Å².